The van der Waals surface area contributed by atoms with Crippen LogP contribution in [0.25, 0.3) is 0 Å². The number of carbonyl (C=O) groups is 2. The van der Waals surface area contributed by atoms with Crippen molar-refractivity contribution < 1.29 is 24.4 Å². The number of rotatable bonds is 5. The van der Waals surface area contributed by atoms with Crippen LogP contribution in [0.1, 0.15) is 16.1 Å². The van der Waals surface area contributed by atoms with Crippen molar-refractivity contribution in [2.45, 2.75) is 6.92 Å². The minimum atomic E-state index is -1.21. The van der Waals surface area contributed by atoms with E-state index in [1.165, 1.54) is 13.0 Å². The van der Waals surface area contributed by atoms with E-state index in [1.807, 2.05) is 0 Å². The molecule has 1 aromatic rings. The number of carboxylic acid groups (broad SMARTS) is 1. The molecule has 0 aliphatic carbocycles. The SMILES string of the molecule is COC(=O)c1cc(C)nc(NCC(=O)O)c1[N+](=O)[O-]. The number of anilines is 1. The van der Waals surface area contributed by atoms with Crippen LogP contribution < -0.4 is 5.32 Å². The highest BCUT2D eigenvalue weighted by Gasteiger charge is 2.27. The van der Waals surface area contributed by atoms with E-state index in [4.69, 9.17) is 5.11 Å². The molecule has 0 aliphatic rings. The van der Waals surface area contributed by atoms with Crippen molar-refractivity contribution in [1.82, 2.24) is 4.98 Å². The van der Waals surface area contributed by atoms with Crippen LogP contribution in [0, 0.1) is 17.0 Å². The summed E-state index contributed by atoms with van der Waals surface area (Å²) in [5.41, 5.74) is -0.578. The second-order valence-electron chi connectivity index (χ2n) is 3.50. The van der Waals surface area contributed by atoms with Crippen LogP contribution in [0.15, 0.2) is 6.07 Å². The van der Waals surface area contributed by atoms with Gasteiger partial charge in [0.15, 0.2) is 0 Å². The lowest BCUT2D eigenvalue weighted by Crippen LogP contribution is -2.17. The Morgan fingerprint density at radius 3 is 2.68 bits per heavy atom. The first-order valence-corrected chi connectivity index (χ1v) is 5.06. The molecule has 0 saturated carbocycles. The van der Waals surface area contributed by atoms with Crippen molar-refractivity contribution in [3.8, 4) is 0 Å². The predicted molar refractivity (Wildman–Crippen MR) is 63.1 cm³/mol. The lowest BCUT2D eigenvalue weighted by Gasteiger charge is -2.08. The normalized spacial score (nSPS) is 9.79. The second kappa shape index (κ2) is 5.76. The molecule has 0 unspecified atom stereocenters. The molecular weight excluding hydrogens is 258 g/mol. The molecule has 1 aromatic heterocycles. The Balaban J connectivity index is 3.35. The van der Waals surface area contributed by atoms with E-state index in [0.29, 0.717) is 5.69 Å². The van der Waals surface area contributed by atoms with Gasteiger partial charge in [0.25, 0.3) is 0 Å². The molecule has 0 atom stereocenters. The maximum atomic E-state index is 11.5. The van der Waals surface area contributed by atoms with Gasteiger partial charge >= 0.3 is 17.6 Å². The van der Waals surface area contributed by atoms with Crippen molar-refractivity contribution in [1.29, 1.82) is 0 Å². The zero-order valence-electron chi connectivity index (χ0n) is 10.2. The number of aliphatic carboxylic acids is 1. The summed E-state index contributed by atoms with van der Waals surface area (Å²) in [6.07, 6.45) is 0. The summed E-state index contributed by atoms with van der Waals surface area (Å²) >= 11 is 0. The average molecular weight is 269 g/mol. The van der Waals surface area contributed by atoms with Gasteiger partial charge in [-0.25, -0.2) is 9.78 Å². The first-order chi connectivity index (χ1) is 8.86. The number of ether oxygens (including phenoxy) is 1. The summed E-state index contributed by atoms with van der Waals surface area (Å²) in [6, 6.07) is 1.20. The van der Waals surface area contributed by atoms with Gasteiger partial charge in [-0.15, -0.1) is 0 Å². The van der Waals surface area contributed by atoms with E-state index < -0.39 is 29.1 Å². The number of aryl methyl sites for hydroxylation is 1. The molecule has 0 aliphatic heterocycles. The third kappa shape index (κ3) is 3.37. The maximum absolute atomic E-state index is 11.5. The fraction of sp³-hybridized carbons (Fsp3) is 0.300. The zero-order chi connectivity index (χ0) is 14.6. The molecule has 0 bridgehead atoms. The van der Waals surface area contributed by atoms with E-state index in [0.717, 1.165) is 7.11 Å². The molecule has 0 spiro atoms. The number of carboxylic acids is 1. The number of nitrogens with zero attached hydrogens (tertiary/aromatic N) is 2. The van der Waals surface area contributed by atoms with Gasteiger partial charge in [0, 0.05) is 5.69 Å². The number of carbonyl (C=O) groups excluding carboxylic acids is 1. The van der Waals surface area contributed by atoms with Crippen molar-refractivity contribution in [3.63, 3.8) is 0 Å². The molecule has 1 rings (SSSR count). The Morgan fingerprint density at radius 1 is 1.58 bits per heavy atom. The molecule has 0 saturated heterocycles. The van der Waals surface area contributed by atoms with Gasteiger partial charge in [-0.05, 0) is 13.0 Å². The van der Waals surface area contributed by atoms with Crippen molar-refractivity contribution >= 4 is 23.4 Å². The fourth-order valence-corrected chi connectivity index (χ4v) is 1.40. The fourth-order valence-electron chi connectivity index (χ4n) is 1.40. The second-order valence-corrected chi connectivity index (χ2v) is 3.50. The van der Waals surface area contributed by atoms with Gasteiger partial charge < -0.3 is 15.2 Å². The molecule has 19 heavy (non-hydrogen) atoms. The molecule has 0 aromatic carbocycles. The van der Waals surface area contributed by atoms with Gasteiger partial charge in [-0.3, -0.25) is 14.9 Å². The topological polar surface area (TPSA) is 132 Å². The summed E-state index contributed by atoms with van der Waals surface area (Å²) < 4.78 is 4.45. The Kier molecular flexibility index (Phi) is 4.35. The van der Waals surface area contributed by atoms with Crippen LogP contribution in [-0.4, -0.2) is 40.6 Å². The van der Waals surface area contributed by atoms with Crippen LogP contribution in [0.5, 0.6) is 0 Å². The van der Waals surface area contributed by atoms with E-state index in [1.54, 1.807) is 0 Å². The molecule has 102 valence electrons. The summed E-state index contributed by atoms with van der Waals surface area (Å²) in [4.78, 5) is 35.9. The predicted octanol–water partition coefficient (Wildman–Crippen LogP) is 0.581. The van der Waals surface area contributed by atoms with E-state index >= 15 is 0 Å². The highest BCUT2D eigenvalue weighted by molar-refractivity contribution is 5.96. The van der Waals surface area contributed by atoms with Crippen LogP contribution in [0.2, 0.25) is 0 Å². The Morgan fingerprint density at radius 2 is 2.21 bits per heavy atom. The third-order valence-electron chi connectivity index (χ3n) is 2.12. The first kappa shape index (κ1) is 14.4. The van der Waals surface area contributed by atoms with Gasteiger partial charge in [-0.2, -0.15) is 0 Å². The van der Waals surface area contributed by atoms with Gasteiger partial charge in [-0.1, -0.05) is 0 Å². The lowest BCUT2D eigenvalue weighted by molar-refractivity contribution is -0.384. The van der Waals surface area contributed by atoms with E-state index in [-0.39, 0.29) is 11.4 Å². The monoisotopic (exact) mass is 269 g/mol. The summed E-state index contributed by atoms with van der Waals surface area (Å²) in [5.74, 6) is -2.39. The number of esters is 1. The number of aromatic nitrogens is 1. The van der Waals surface area contributed by atoms with Crippen molar-refractivity contribution in [2.24, 2.45) is 0 Å². The van der Waals surface area contributed by atoms with Crippen molar-refractivity contribution in [2.75, 3.05) is 19.0 Å². The number of hydrogen-bond acceptors (Lipinski definition) is 7. The largest absolute Gasteiger partial charge is 0.480 e. The Bertz CT molecular complexity index is 542. The molecule has 1 heterocycles. The minimum Gasteiger partial charge on any atom is -0.480 e. The van der Waals surface area contributed by atoms with Crippen LogP contribution >= 0.6 is 0 Å². The number of methoxy groups -OCH3 is 1. The number of nitrogens with one attached hydrogen (secondary N) is 1. The van der Waals surface area contributed by atoms with Crippen LogP contribution in [0.3, 0.4) is 0 Å². The van der Waals surface area contributed by atoms with Crippen LogP contribution in [-0.2, 0) is 9.53 Å². The summed E-state index contributed by atoms with van der Waals surface area (Å²) in [6.45, 7) is 0.958. The molecule has 0 fully saturated rings. The highest BCUT2D eigenvalue weighted by Crippen LogP contribution is 2.28. The van der Waals surface area contributed by atoms with E-state index in [9.17, 15) is 19.7 Å². The lowest BCUT2D eigenvalue weighted by atomic mass is 10.2. The quantitative estimate of drug-likeness (QED) is 0.450. The molecular formula is C10H11N3O6. The van der Waals surface area contributed by atoms with E-state index in [2.05, 4.69) is 15.0 Å². The van der Waals surface area contributed by atoms with Crippen LogP contribution in [0.4, 0.5) is 11.5 Å². The van der Waals surface area contributed by atoms with Gasteiger partial charge in [0.2, 0.25) is 5.82 Å². The highest BCUT2D eigenvalue weighted by atomic mass is 16.6. The van der Waals surface area contributed by atoms with Crippen molar-refractivity contribution in [3.05, 3.63) is 27.4 Å². The number of pyridine rings is 1. The third-order valence-corrected chi connectivity index (χ3v) is 2.12. The molecule has 0 amide bonds. The molecule has 0 radical (unpaired) electrons. The average Bonchev–Trinajstić information content (AvgIpc) is 2.33. The minimum absolute atomic E-state index is 0.284. The first-order valence-electron chi connectivity index (χ1n) is 5.06. The molecule has 2 N–H and O–H groups in total. The Labute approximate surface area is 107 Å². The van der Waals surface area contributed by atoms with Gasteiger partial charge in [0.1, 0.15) is 12.1 Å². The standard InChI is InChI=1S/C10H11N3O6/c1-5-3-6(10(16)19-2)8(13(17)18)9(12-5)11-4-7(14)15/h3H,4H2,1-2H3,(H,11,12)(H,14,15). The molecule has 9 heteroatoms. The maximum Gasteiger partial charge on any atom is 0.345 e. The number of hydrogen-bond donors (Lipinski definition) is 2. The summed E-state index contributed by atoms with van der Waals surface area (Å²) in [7, 11) is 1.09. The number of nitro groups is 1. The van der Waals surface area contributed by atoms with Gasteiger partial charge in [0.05, 0.1) is 12.0 Å². The smallest absolute Gasteiger partial charge is 0.345 e. The summed E-state index contributed by atoms with van der Waals surface area (Å²) in [5, 5.41) is 21.8. The zero-order valence-corrected chi connectivity index (χ0v) is 10.2. The molecule has 9 nitrogen and oxygen atoms in total. The Hall–Kier alpha value is -2.71.